The van der Waals surface area contributed by atoms with Crippen LogP contribution in [-0.4, -0.2) is 12.6 Å². The number of hydrogen-bond donors (Lipinski definition) is 1. The third kappa shape index (κ3) is 2.44. The van der Waals surface area contributed by atoms with Gasteiger partial charge in [-0.25, -0.2) is 4.39 Å². The van der Waals surface area contributed by atoms with E-state index in [9.17, 15) is 4.39 Å². The van der Waals surface area contributed by atoms with Crippen LogP contribution in [0, 0.1) is 19.7 Å². The summed E-state index contributed by atoms with van der Waals surface area (Å²) in [7, 11) is 0. The number of rotatable bonds is 3. The predicted octanol–water partition coefficient (Wildman–Crippen LogP) is 3.86. The minimum atomic E-state index is -0.0212. The molecule has 2 heteroatoms. The molecule has 2 atom stereocenters. The third-order valence-electron chi connectivity index (χ3n) is 4.27. The van der Waals surface area contributed by atoms with Crippen molar-refractivity contribution in [3.05, 3.63) is 34.6 Å². The van der Waals surface area contributed by atoms with Crippen molar-refractivity contribution in [2.75, 3.05) is 6.54 Å². The molecule has 0 heterocycles. The summed E-state index contributed by atoms with van der Waals surface area (Å²) in [5.41, 5.74) is 3.05. The molecule has 1 aromatic rings. The maximum absolute atomic E-state index is 14.3. The van der Waals surface area contributed by atoms with Gasteiger partial charge in [0.2, 0.25) is 0 Å². The summed E-state index contributed by atoms with van der Waals surface area (Å²) in [5, 5.41) is 3.50. The first-order valence-electron chi connectivity index (χ1n) is 6.97. The topological polar surface area (TPSA) is 12.0 Å². The smallest absolute Gasteiger partial charge is 0.127 e. The lowest BCUT2D eigenvalue weighted by Gasteiger charge is -2.28. The van der Waals surface area contributed by atoms with Gasteiger partial charge in [-0.1, -0.05) is 19.9 Å². The third-order valence-corrected chi connectivity index (χ3v) is 4.27. The van der Waals surface area contributed by atoms with Crippen LogP contribution >= 0.6 is 0 Å². The summed E-state index contributed by atoms with van der Waals surface area (Å²) in [6.07, 6.45) is 3.27. The maximum Gasteiger partial charge on any atom is 0.127 e. The van der Waals surface area contributed by atoms with Crippen molar-refractivity contribution in [3.63, 3.8) is 0 Å². The number of aryl methyl sites for hydroxylation is 2. The van der Waals surface area contributed by atoms with Gasteiger partial charge in [-0.2, -0.15) is 0 Å². The molecule has 1 aliphatic rings. The normalized spacial score (nSPS) is 27.7. The molecule has 2 rings (SSSR count). The molecular formula is C16H24FN. The van der Waals surface area contributed by atoms with E-state index < -0.39 is 0 Å². The van der Waals surface area contributed by atoms with E-state index in [-0.39, 0.29) is 11.2 Å². The molecule has 1 saturated carbocycles. The highest BCUT2D eigenvalue weighted by Crippen LogP contribution is 2.43. The van der Waals surface area contributed by atoms with Crippen LogP contribution in [0.25, 0.3) is 0 Å². The monoisotopic (exact) mass is 249 g/mol. The van der Waals surface area contributed by atoms with Gasteiger partial charge in [-0.15, -0.1) is 0 Å². The van der Waals surface area contributed by atoms with E-state index in [4.69, 9.17) is 0 Å². The van der Waals surface area contributed by atoms with E-state index in [1.807, 2.05) is 13.8 Å². The SMILES string of the molecule is CCNC1CCC(C)(c2c(C)cc(C)cc2F)C1. The lowest BCUT2D eigenvalue weighted by Crippen LogP contribution is -2.29. The standard InChI is InChI=1S/C16H24FN/c1-5-18-13-6-7-16(4,10-13)15-12(3)8-11(2)9-14(15)17/h8-9,13,18H,5-7,10H2,1-4H3. The fourth-order valence-electron chi connectivity index (χ4n) is 3.61. The molecule has 0 amide bonds. The zero-order valence-electron chi connectivity index (χ0n) is 11.9. The van der Waals surface area contributed by atoms with E-state index in [1.54, 1.807) is 6.07 Å². The van der Waals surface area contributed by atoms with E-state index in [1.165, 1.54) is 0 Å². The molecule has 0 bridgehead atoms. The summed E-state index contributed by atoms with van der Waals surface area (Å²) >= 11 is 0. The molecule has 1 N–H and O–H groups in total. The van der Waals surface area contributed by atoms with Crippen molar-refractivity contribution < 1.29 is 4.39 Å². The molecule has 0 aliphatic heterocycles. The molecule has 0 saturated heterocycles. The van der Waals surface area contributed by atoms with Gasteiger partial charge in [0.15, 0.2) is 0 Å². The fraction of sp³-hybridized carbons (Fsp3) is 0.625. The molecule has 0 spiro atoms. The Bertz CT molecular complexity index is 418. The van der Waals surface area contributed by atoms with E-state index in [0.29, 0.717) is 6.04 Å². The number of nitrogens with one attached hydrogen (secondary N) is 1. The first kappa shape index (κ1) is 13.5. The minimum Gasteiger partial charge on any atom is -0.314 e. The van der Waals surface area contributed by atoms with Crippen molar-refractivity contribution >= 4 is 0 Å². The first-order chi connectivity index (χ1) is 8.46. The average molecular weight is 249 g/mol. The summed E-state index contributed by atoms with van der Waals surface area (Å²) < 4.78 is 14.3. The second-order valence-corrected chi connectivity index (χ2v) is 6.00. The molecule has 18 heavy (non-hydrogen) atoms. The minimum absolute atomic E-state index is 0.00525. The van der Waals surface area contributed by atoms with Crippen LogP contribution in [0.2, 0.25) is 0 Å². The van der Waals surface area contributed by atoms with Crippen molar-refractivity contribution in [1.82, 2.24) is 5.32 Å². The Labute approximate surface area is 110 Å². The van der Waals surface area contributed by atoms with Gasteiger partial charge < -0.3 is 5.32 Å². The quantitative estimate of drug-likeness (QED) is 0.857. The van der Waals surface area contributed by atoms with E-state index >= 15 is 0 Å². The van der Waals surface area contributed by atoms with Gasteiger partial charge in [0.05, 0.1) is 0 Å². The Morgan fingerprint density at radius 3 is 2.72 bits per heavy atom. The van der Waals surface area contributed by atoms with Crippen LogP contribution in [0.3, 0.4) is 0 Å². The highest BCUT2D eigenvalue weighted by Gasteiger charge is 2.38. The highest BCUT2D eigenvalue weighted by molar-refractivity contribution is 5.38. The average Bonchev–Trinajstić information content (AvgIpc) is 2.59. The molecular weight excluding hydrogens is 225 g/mol. The van der Waals surface area contributed by atoms with Gasteiger partial charge in [-0.3, -0.25) is 0 Å². The lowest BCUT2D eigenvalue weighted by atomic mass is 9.78. The summed E-state index contributed by atoms with van der Waals surface area (Å²) in [6.45, 7) is 9.34. The summed E-state index contributed by atoms with van der Waals surface area (Å²) in [6, 6.07) is 4.32. The van der Waals surface area contributed by atoms with Crippen molar-refractivity contribution in [2.45, 2.75) is 58.4 Å². The second-order valence-electron chi connectivity index (χ2n) is 6.00. The van der Waals surface area contributed by atoms with Crippen LogP contribution < -0.4 is 5.32 Å². The summed E-state index contributed by atoms with van der Waals surface area (Å²) in [5.74, 6) is -0.0212. The second kappa shape index (κ2) is 5.00. The number of benzene rings is 1. The molecule has 1 nitrogen and oxygen atoms in total. The first-order valence-corrected chi connectivity index (χ1v) is 6.97. The van der Waals surface area contributed by atoms with Gasteiger partial charge in [0.25, 0.3) is 0 Å². The van der Waals surface area contributed by atoms with Crippen molar-refractivity contribution in [1.29, 1.82) is 0 Å². The Hall–Kier alpha value is -0.890. The Morgan fingerprint density at radius 1 is 1.39 bits per heavy atom. The maximum atomic E-state index is 14.3. The predicted molar refractivity (Wildman–Crippen MR) is 74.5 cm³/mol. The van der Waals surface area contributed by atoms with Gasteiger partial charge >= 0.3 is 0 Å². The Morgan fingerprint density at radius 2 is 2.11 bits per heavy atom. The highest BCUT2D eigenvalue weighted by atomic mass is 19.1. The zero-order valence-corrected chi connectivity index (χ0v) is 11.9. The molecule has 2 unspecified atom stereocenters. The van der Waals surface area contributed by atoms with Crippen LogP contribution in [0.15, 0.2) is 12.1 Å². The Balaban J connectivity index is 2.32. The molecule has 1 aliphatic carbocycles. The lowest BCUT2D eigenvalue weighted by molar-refractivity contribution is 0.432. The van der Waals surface area contributed by atoms with Gasteiger partial charge in [-0.05, 0) is 67.8 Å². The molecule has 100 valence electrons. The van der Waals surface area contributed by atoms with Crippen molar-refractivity contribution in [2.24, 2.45) is 0 Å². The fourth-order valence-corrected chi connectivity index (χ4v) is 3.61. The van der Waals surface area contributed by atoms with E-state index in [2.05, 4.69) is 25.2 Å². The van der Waals surface area contributed by atoms with Gasteiger partial charge in [0.1, 0.15) is 5.82 Å². The molecule has 0 radical (unpaired) electrons. The molecule has 1 aromatic carbocycles. The molecule has 0 aromatic heterocycles. The number of halogens is 1. The van der Waals surface area contributed by atoms with Crippen LogP contribution in [0.1, 0.15) is 49.8 Å². The van der Waals surface area contributed by atoms with Crippen molar-refractivity contribution in [3.8, 4) is 0 Å². The largest absolute Gasteiger partial charge is 0.314 e. The summed E-state index contributed by atoms with van der Waals surface area (Å²) in [4.78, 5) is 0. The van der Waals surface area contributed by atoms with Crippen LogP contribution in [0.4, 0.5) is 4.39 Å². The van der Waals surface area contributed by atoms with E-state index in [0.717, 1.165) is 42.5 Å². The molecule has 1 fully saturated rings. The van der Waals surface area contributed by atoms with Gasteiger partial charge in [0, 0.05) is 6.04 Å². The number of hydrogen-bond acceptors (Lipinski definition) is 1. The zero-order chi connectivity index (χ0) is 13.3. The van der Waals surface area contributed by atoms with Crippen LogP contribution in [0.5, 0.6) is 0 Å². The Kier molecular flexibility index (Phi) is 3.76. The van der Waals surface area contributed by atoms with Crippen LogP contribution in [-0.2, 0) is 5.41 Å².